The van der Waals surface area contributed by atoms with Crippen molar-refractivity contribution in [1.29, 1.82) is 0 Å². The zero-order chi connectivity index (χ0) is 11.5. The molecular weight excluding hydrogens is 190 g/mol. The van der Waals surface area contributed by atoms with E-state index in [0.717, 1.165) is 18.4 Å². The highest BCUT2D eigenvalue weighted by molar-refractivity contribution is 5.76. The Morgan fingerprint density at radius 1 is 1.53 bits per heavy atom. The summed E-state index contributed by atoms with van der Waals surface area (Å²) in [7, 11) is 1.59. The fourth-order valence-electron chi connectivity index (χ4n) is 0.926. The molecule has 0 saturated carbocycles. The minimum Gasteiger partial charge on any atom is -0.372 e. The first-order valence-corrected chi connectivity index (χ1v) is 4.96. The van der Waals surface area contributed by atoms with E-state index in [9.17, 15) is 4.79 Å². The van der Waals surface area contributed by atoms with Crippen LogP contribution in [0.4, 0.5) is 0 Å². The Labute approximate surface area is 91.5 Å². The van der Waals surface area contributed by atoms with Crippen molar-refractivity contribution in [2.75, 3.05) is 20.3 Å². The number of allylic oxidation sites excluding steroid dienone is 4. The quantitative estimate of drug-likeness (QED) is 0.489. The van der Waals surface area contributed by atoms with E-state index in [-0.39, 0.29) is 12.5 Å². The van der Waals surface area contributed by atoms with Crippen LogP contribution in [0.2, 0.25) is 0 Å². The third-order valence-electron chi connectivity index (χ3n) is 1.77. The Balaban J connectivity index is 3.38. The molecule has 0 radical (unpaired) electrons. The molecule has 84 valence electrons. The fraction of sp³-hybridized carbons (Fsp3) is 0.417. The minimum absolute atomic E-state index is 0.0969. The number of ether oxygens (including phenoxy) is 1. The van der Waals surface area contributed by atoms with Crippen molar-refractivity contribution in [3.05, 3.63) is 37.0 Å². The van der Waals surface area contributed by atoms with Crippen molar-refractivity contribution < 1.29 is 9.53 Å². The molecule has 3 heteroatoms. The van der Waals surface area contributed by atoms with Gasteiger partial charge < -0.3 is 10.1 Å². The van der Waals surface area contributed by atoms with E-state index >= 15 is 0 Å². The van der Waals surface area contributed by atoms with Crippen LogP contribution in [0.3, 0.4) is 0 Å². The van der Waals surface area contributed by atoms with Gasteiger partial charge in [0, 0.05) is 13.7 Å². The second-order valence-electron chi connectivity index (χ2n) is 3.08. The number of rotatable bonds is 8. The maximum Gasteiger partial charge on any atom is 0.245 e. The van der Waals surface area contributed by atoms with Crippen molar-refractivity contribution in [3.8, 4) is 0 Å². The lowest BCUT2D eigenvalue weighted by Crippen LogP contribution is -2.23. The predicted molar refractivity (Wildman–Crippen MR) is 62.6 cm³/mol. The van der Waals surface area contributed by atoms with Gasteiger partial charge in [0.1, 0.15) is 6.61 Å². The molecule has 0 atom stereocenters. The Bertz CT molecular complexity index is 244. The Morgan fingerprint density at radius 2 is 2.27 bits per heavy atom. The molecule has 0 saturated heterocycles. The highest BCUT2D eigenvalue weighted by Crippen LogP contribution is 2.03. The predicted octanol–water partition coefficient (Wildman–Crippen LogP) is 1.83. The first kappa shape index (κ1) is 13.7. The molecule has 15 heavy (non-hydrogen) atoms. The second-order valence-corrected chi connectivity index (χ2v) is 3.08. The normalized spacial score (nSPS) is 10.2. The van der Waals surface area contributed by atoms with Gasteiger partial charge in [-0.1, -0.05) is 37.0 Å². The van der Waals surface area contributed by atoms with E-state index in [1.54, 1.807) is 13.1 Å². The molecule has 0 aromatic rings. The van der Waals surface area contributed by atoms with E-state index < -0.39 is 0 Å². The Morgan fingerprint density at radius 3 is 2.87 bits per heavy atom. The lowest BCUT2D eigenvalue weighted by Gasteiger charge is -2.03. The van der Waals surface area contributed by atoms with Gasteiger partial charge in [-0.05, 0) is 12.8 Å². The molecule has 0 aliphatic heterocycles. The van der Waals surface area contributed by atoms with Crippen LogP contribution < -0.4 is 5.32 Å². The van der Waals surface area contributed by atoms with Gasteiger partial charge in [0.05, 0.1) is 0 Å². The van der Waals surface area contributed by atoms with E-state index in [1.807, 2.05) is 12.2 Å². The number of nitrogens with one attached hydrogen (secondary N) is 1. The largest absolute Gasteiger partial charge is 0.372 e. The molecule has 0 aliphatic rings. The Hall–Kier alpha value is -1.35. The van der Waals surface area contributed by atoms with Gasteiger partial charge in [-0.15, -0.1) is 0 Å². The lowest BCUT2D eigenvalue weighted by atomic mass is 10.1. The molecular formula is C12H19NO2. The minimum atomic E-state index is -0.0969. The van der Waals surface area contributed by atoms with Crippen molar-refractivity contribution in [2.45, 2.75) is 12.8 Å². The van der Waals surface area contributed by atoms with Crippen LogP contribution in [0.25, 0.3) is 0 Å². The molecule has 1 N–H and O–H groups in total. The third-order valence-corrected chi connectivity index (χ3v) is 1.77. The van der Waals surface area contributed by atoms with Gasteiger partial charge in [0.2, 0.25) is 5.91 Å². The first-order chi connectivity index (χ1) is 7.20. The van der Waals surface area contributed by atoms with Gasteiger partial charge in [-0.25, -0.2) is 0 Å². The molecule has 0 heterocycles. The van der Waals surface area contributed by atoms with Crippen LogP contribution in [0.1, 0.15) is 12.8 Å². The van der Waals surface area contributed by atoms with Crippen molar-refractivity contribution in [3.63, 3.8) is 0 Å². The number of hydrogen-bond acceptors (Lipinski definition) is 2. The summed E-state index contributed by atoms with van der Waals surface area (Å²) < 4.78 is 5.14. The van der Waals surface area contributed by atoms with E-state index in [2.05, 4.69) is 18.5 Å². The average molecular weight is 209 g/mol. The van der Waals surface area contributed by atoms with Crippen LogP contribution >= 0.6 is 0 Å². The summed E-state index contributed by atoms with van der Waals surface area (Å²) in [4.78, 5) is 10.8. The molecule has 0 aromatic carbocycles. The van der Waals surface area contributed by atoms with Crippen molar-refractivity contribution in [2.24, 2.45) is 0 Å². The van der Waals surface area contributed by atoms with E-state index in [4.69, 9.17) is 4.74 Å². The van der Waals surface area contributed by atoms with Crippen LogP contribution in [0.15, 0.2) is 37.0 Å². The summed E-state index contributed by atoms with van der Waals surface area (Å²) in [6.07, 6.45) is 7.24. The topological polar surface area (TPSA) is 38.3 Å². The maximum absolute atomic E-state index is 10.8. The second kappa shape index (κ2) is 9.21. The number of carbonyl (C=O) groups excluding carboxylic acids is 1. The molecule has 0 spiro atoms. The lowest BCUT2D eigenvalue weighted by molar-refractivity contribution is -0.125. The Kier molecular flexibility index (Phi) is 8.39. The summed E-state index contributed by atoms with van der Waals surface area (Å²) in [5.41, 5.74) is 1.04. The average Bonchev–Trinajstić information content (AvgIpc) is 2.25. The fourth-order valence-corrected chi connectivity index (χ4v) is 0.926. The number of hydrogen-bond donors (Lipinski definition) is 1. The van der Waals surface area contributed by atoms with Crippen molar-refractivity contribution >= 4 is 5.91 Å². The van der Waals surface area contributed by atoms with Crippen LogP contribution in [-0.4, -0.2) is 26.2 Å². The summed E-state index contributed by atoms with van der Waals surface area (Å²) >= 11 is 0. The van der Waals surface area contributed by atoms with Gasteiger partial charge in [-0.3, -0.25) is 4.79 Å². The highest BCUT2D eigenvalue weighted by atomic mass is 16.5. The van der Waals surface area contributed by atoms with Crippen LogP contribution in [0.5, 0.6) is 0 Å². The van der Waals surface area contributed by atoms with E-state index in [1.165, 1.54) is 0 Å². The molecule has 0 rings (SSSR count). The molecule has 0 unspecified atom stereocenters. The zero-order valence-electron chi connectivity index (χ0n) is 9.29. The third kappa shape index (κ3) is 8.97. The molecule has 0 aliphatic carbocycles. The summed E-state index contributed by atoms with van der Waals surface area (Å²) in [6, 6.07) is 0. The van der Waals surface area contributed by atoms with E-state index in [0.29, 0.717) is 6.61 Å². The first-order valence-electron chi connectivity index (χ1n) is 4.96. The molecule has 0 bridgehead atoms. The van der Waals surface area contributed by atoms with Crippen molar-refractivity contribution in [1.82, 2.24) is 5.32 Å². The van der Waals surface area contributed by atoms with Crippen LogP contribution in [-0.2, 0) is 9.53 Å². The van der Waals surface area contributed by atoms with Gasteiger partial charge in [-0.2, -0.15) is 0 Å². The number of likely N-dealkylation sites (N-methyl/N-ethyl adjacent to an activating group) is 1. The standard InChI is InChI=1S/C12H19NO2/c1-4-5-7-11(2)8-6-9-15-10-12(14)13-3/h4-5,7H,1-2,6,8-10H2,3H3,(H,13,14)/b7-5-. The highest BCUT2D eigenvalue weighted by Gasteiger charge is 1.96. The molecule has 0 fully saturated rings. The zero-order valence-corrected chi connectivity index (χ0v) is 9.29. The SMILES string of the molecule is C=C/C=C\C(=C)CCCOCC(=O)NC. The smallest absolute Gasteiger partial charge is 0.245 e. The molecule has 1 amide bonds. The van der Waals surface area contributed by atoms with Crippen LogP contribution in [0, 0.1) is 0 Å². The maximum atomic E-state index is 10.8. The molecule has 0 aromatic heterocycles. The van der Waals surface area contributed by atoms with Gasteiger partial charge in [0.15, 0.2) is 0 Å². The number of amides is 1. The van der Waals surface area contributed by atoms with Gasteiger partial charge >= 0.3 is 0 Å². The summed E-state index contributed by atoms with van der Waals surface area (Å²) in [6.45, 7) is 8.15. The number of carbonyl (C=O) groups is 1. The van der Waals surface area contributed by atoms with Gasteiger partial charge in [0.25, 0.3) is 0 Å². The molecule has 3 nitrogen and oxygen atoms in total. The summed E-state index contributed by atoms with van der Waals surface area (Å²) in [5.74, 6) is -0.0969. The monoisotopic (exact) mass is 209 g/mol. The summed E-state index contributed by atoms with van der Waals surface area (Å²) in [5, 5.41) is 2.49.